The van der Waals surface area contributed by atoms with Gasteiger partial charge in [-0.2, -0.15) is 0 Å². The van der Waals surface area contributed by atoms with Gasteiger partial charge < -0.3 is 10.6 Å². The Kier molecular flexibility index (Phi) is 4.38. The van der Waals surface area contributed by atoms with Gasteiger partial charge in [-0.1, -0.05) is 11.8 Å². The second kappa shape index (κ2) is 7.00. The minimum atomic E-state index is -0.479. The SMILES string of the molecule is CNc1ncc(C#Cc2ccncc2F)c2cc(NC(=O)C3CC3)ncc12. The fourth-order valence-electron chi connectivity index (χ4n) is 2.69. The standard InChI is InChI=1S/C20H16FN5O/c1-22-19-16-10-24-18(26-20(27)13-3-4-13)8-15(16)14(9-25-19)5-2-12-6-7-23-11-17(12)21/h6-11,13H,3-4H2,1H3,(H,22,25)(H,24,26,27). The molecule has 0 aliphatic heterocycles. The zero-order valence-electron chi connectivity index (χ0n) is 14.6. The molecule has 0 atom stereocenters. The highest BCUT2D eigenvalue weighted by molar-refractivity contribution is 5.99. The zero-order chi connectivity index (χ0) is 18.8. The molecule has 1 aliphatic rings. The van der Waals surface area contributed by atoms with Crippen LogP contribution in [0.3, 0.4) is 0 Å². The Morgan fingerprint density at radius 3 is 2.70 bits per heavy atom. The average Bonchev–Trinajstić information content (AvgIpc) is 3.52. The highest BCUT2D eigenvalue weighted by Crippen LogP contribution is 2.31. The predicted octanol–water partition coefficient (Wildman–Crippen LogP) is 2.95. The molecule has 1 fully saturated rings. The minimum Gasteiger partial charge on any atom is -0.373 e. The molecule has 7 heteroatoms. The number of nitrogens with zero attached hydrogens (tertiary/aromatic N) is 3. The minimum absolute atomic E-state index is 0.0174. The van der Waals surface area contributed by atoms with Crippen molar-refractivity contribution >= 4 is 28.3 Å². The van der Waals surface area contributed by atoms with E-state index in [0.717, 1.165) is 29.8 Å². The summed E-state index contributed by atoms with van der Waals surface area (Å²) < 4.78 is 13.8. The normalized spacial score (nSPS) is 13.0. The molecule has 1 saturated carbocycles. The number of amides is 1. The fourth-order valence-corrected chi connectivity index (χ4v) is 2.69. The van der Waals surface area contributed by atoms with Crippen molar-refractivity contribution in [2.24, 2.45) is 5.92 Å². The van der Waals surface area contributed by atoms with E-state index in [1.54, 1.807) is 25.5 Å². The Bertz CT molecular complexity index is 1100. The average molecular weight is 361 g/mol. The number of fused-ring (bicyclic) bond motifs is 1. The van der Waals surface area contributed by atoms with Crippen molar-refractivity contribution in [2.45, 2.75) is 12.8 Å². The van der Waals surface area contributed by atoms with Crippen molar-refractivity contribution in [3.05, 3.63) is 53.9 Å². The van der Waals surface area contributed by atoms with Crippen molar-refractivity contribution in [3.8, 4) is 11.8 Å². The van der Waals surface area contributed by atoms with E-state index < -0.39 is 5.82 Å². The quantitative estimate of drug-likeness (QED) is 0.701. The molecule has 0 spiro atoms. The smallest absolute Gasteiger partial charge is 0.228 e. The number of rotatable bonds is 3. The van der Waals surface area contributed by atoms with Crippen molar-refractivity contribution in [3.63, 3.8) is 0 Å². The van der Waals surface area contributed by atoms with Crippen LogP contribution in [0.4, 0.5) is 16.0 Å². The van der Waals surface area contributed by atoms with Crippen LogP contribution in [0.5, 0.6) is 0 Å². The van der Waals surface area contributed by atoms with E-state index in [1.165, 1.54) is 12.3 Å². The lowest BCUT2D eigenvalue weighted by Gasteiger charge is -2.09. The molecule has 4 rings (SSSR count). The number of nitrogens with one attached hydrogen (secondary N) is 2. The van der Waals surface area contributed by atoms with Crippen LogP contribution in [-0.2, 0) is 4.79 Å². The summed E-state index contributed by atoms with van der Waals surface area (Å²) in [6.07, 6.45) is 7.72. The summed E-state index contributed by atoms with van der Waals surface area (Å²) in [5, 5.41) is 7.39. The summed E-state index contributed by atoms with van der Waals surface area (Å²) >= 11 is 0. The molecule has 0 unspecified atom stereocenters. The van der Waals surface area contributed by atoms with Gasteiger partial charge in [0.2, 0.25) is 5.91 Å². The molecule has 6 nitrogen and oxygen atoms in total. The molecule has 27 heavy (non-hydrogen) atoms. The second-order valence-electron chi connectivity index (χ2n) is 6.25. The third kappa shape index (κ3) is 3.55. The summed E-state index contributed by atoms with van der Waals surface area (Å²) in [6, 6.07) is 3.29. The van der Waals surface area contributed by atoms with Crippen LogP contribution in [0.1, 0.15) is 24.0 Å². The first kappa shape index (κ1) is 16.9. The van der Waals surface area contributed by atoms with E-state index in [9.17, 15) is 9.18 Å². The van der Waals surface area contributed by atoms with Gasteiger partial charge in [0.15, 0.2) is 5.82 Å². The van der Waals surface area contributed by atoms with E-state index in [-0.39, 0.29) is 17.4 Å². The van der Waals surface area contributed by atoms with Gasteiger partial charge in [0.1, 0.15) is 11.6 Å². The van der Waals surface area contributed by atoms with E-state index in [1.807, 2.05) is 0 Å². The van der Waals surface area contributed by atoms with Crippen LogP contribution >= 0.6 is 0 Å². The van der Waals surface area contributed by atoms with Crippen LogP contribution in [0, 0.1) is 23.6 Å². The molecule has 1 aliphatic carbocycles. The Morgan fingerprint density at radius 1 is 1.15 bits per heavy atom. The van der Waals surface area contributed by atoms with Crippen molar-refractivity contribution < 1.29 is 9.18 Å². The van der Waals surface area contributed by atoms with Gasteiger partial charge in [0.05, 0.1) is 17.3 Å². The molecular formula is C20H16FN5O. The summed E-state index contributed by atoms with van der Waals surface area (Å²) in [5.74, 6) is 6.48. The Labute approximate surface area is 155 Å². The van der Waals surface area contributed by atoms with E-state index in [4.69, 9.17) is 0 Å². The highest BCUT2D eigenvalue weighted by atomic mass is 19.1. The van der Waals surface area contributed by atoms with Crippen LogP contribution in [0.25, 0.3) is 10.8 Å². The number of hydrogen-bond donors (Lipinski definition) is 2. The van der Waals surface area contributed by atoms with Gasteiger partial charge >= 0.3 is 0 Å². The van der Waals surface area contributed by atoms with Gasteiger partial charge in [0, 0.05) is 42.3 Å². The molecule has 1 amide bonds. The van der Waals surface area contributed by atoms with Gasteiger partial charge in [-0.15, -0.1) is 0 Å². The lowest BCUT2D eigenvalue weighted by molar-refractivity contribution is -0.117. The van der Waals surface area contributed by atoms with Crippen LogP contribution in [-0.4, -0.2) is 27.9 Å². The van der Waals surface area contributed by atoms with Gasteiger partial charge in [-0.3, -0.25) is 9.78 Å². The maximum absolute atomic E-state index is 13.8. The predicted molar refractivity (Wildman–Crippen MR) is 101 cm³/mol. The number of halogens is 1. The summed E-state index contributed by atoms with van der Waals surface area (Å²) in [7, 11) is 1.77. The fraction of sp³-hybridized carbons (Fsp3) is 0.200. The van der Waals surface area contributed by atoms with Gasteiger partial charge in [-0.25, -0.2) is 14.4 Å². The maximum atomic E-state index is 13.8. The second-order valence-corrected chi connectivity index (χ2v) is 6.25. The third-order valence-corrected chi connectivity index (χ3v) is 4.31. The molecule has 0 bridgehead atoms. The molecule has 134 valence electrons. The lowest BCUT2D eigenvalue weighted by Crippen LogP contribution is -2.14. The molecule has 0 saturated heterocycles. The summed E-state index contributed by atoms with van der Waals surface area (Å²) in [4.78, 5) is 24.4. The Morgan fingerprint density at radius 2 is 1.96 bits per heavy atom. The number of hydrogen-bond acceptors (Lipinski definition) is 5. The van der Waals surface area contributed by atoms with E-state index in [0.29, 0.717) is 17.2 Å². The van der Waals surface area contributed by atoms with Gasteiger partial charge in [-0.05, 0) is 25.0 Å². The Hall–Kier alpha value is -3.53. The molecule has 3 aromatic heterocycles. The van der Waals surface area contributed by atoms with E-state index in [2.05, 4.69) is 37.4 Å². The maximum Gasteiger partial charge on any atom is 0.228 e. The topological polar surface area (TPSA) is 79.8 Å². The summed E-state index contributed by atoms with van der Waals surface area (Å²) in [5.41, 5.74) is 0.872. The highest BCUT2D eigenvalue weighted by Gasteiger charge is 2.29. The Balaban J connectivity index is 1.77. The van der Waals surface area contributed by atoms with Crippen molar-refractivity contribution in [1.29, 1.82) is 0 Å². The van der Waals surface area contributed by atoms with Crippen LogP contribution in [0.2, 0.25) is 0 Å². The van der Waals surface area contributed by atoms with Crippen LogP contribution in [0.15, 0.2) is 36.9 Å². The zero-order valence-corrected chi connectivity index (χ0v) is 14.6. The third-order valence-electron chi connectivity index (χ3n) is 4.31. The van der Waals surface area contributed by atoms with Crippen molar-refractivity contribution in [1.82, 2.24) is 15.0 Å². The lowest BCUT2D eigenvalue weighted by atomic mass is 10.1. The molecular weight excluding hydrogens is 345 g/mol. The molecule has 0 radical (unpaired) electrons. The summed E-state index contributed by atoms with van der Waals surface area (Å²) in [6.45, 7) is 0. The first-order valence-electron chi connectivity index (χ1n) is 8.54. The molecule has 2 N–H and O–H groups in total. The number of carbonyl (C=O) groups is 1. The first-order chi connectivity index (χ1) is 13.2. The monoisotopic (exact) mass is 361 g/mol. The van der Waals surface area contributed by atoms with E-state index >= 15 is 0 Å². The first-order valence-corrected chi connectivity index (χ1v) is 8.54. The van der Waals surface area contributed by atoms with Crippen molar-refractivity contribution in [2.75, 3.05) is 17.7 Å². The molecule has 3 heterocycles. The number of aromatic nitrogens is 3. The largest absolute Gasteiger partial charge is 0.373 e. The van der Waals surface area contributed by atoms with Crippen LogP contribution < -0.4 is 10.6 Å². The number of pyridine rings is 3. The van der Waals surface area contributed by atoms with Gasteiger partial charge in [0.25, 0.3) is 0 Å². The number of carbonyl (C=O) groups excluding carboxylic acids is 1. The number of anilines is 2. The molecule has 3 aromatic rings. The molecule has 0 aromatic carbocycles.